The molecule has 0 atom stereocenters. The molecule has 0 bridgehead atoms. The lowest BCUT2D eigenvalue weighted by atomic mass is 10.2. The first-order chi connectivity index (χ1) is 16.2. The monoisotopic (exact) mass is 514 g/mol. The van der Waals surface area contributed by atoms with Crippen LogP contribution < -0.4 is 18.9 Å². The van der Waals surface area contributed by atoms with Gasteiger partial charge in [0.05, 0.1) is 36.8 Å². The zero-order valence-corrected chi connectivity index (χ0v) is 19.2. The summed E-state index contributed by atoms with van der Waals surface area (Å²) in [6.07, 6.45) is 3.27. The molecule has 0 spiro atoms. The number of aromatic amines is 1. The van der Waals surface area contributed by atoms with Crippen molar-refractivity contribution in [3.63, 3.8) is 0 Å². The van der Waals surface area contributed by atoms with Crippen molar-refractivity contribution in [2.75, 3.05) is 25.5 Å². The number of rotatable bonds is 9. The molecule has 11 nitrogen and oxygen atoms in total. The highest BCUT2D eigenvalue weighted by Crippen LogP contribution is 2.37. The van der Waals surface area contributed by atoms with E-state index in [0.29, 0.717) is 21.6 Å². The molecule has 34 heavy (non-hydrogen) atoms. The summed E-state index contributed by atoms with van der Waals surface area (Å²) in [5.74, 6) is -1.30. The van der Waals surface area contributed by atoms with Crippen molar-refractivity contribution in [1.82, 2.24) is 24.5 Å². The fraction of sp³-hybridized carbons (Fsp3) is 0.211. The molecular weight excluding hydrogens is 498 g/mol. The van der Waals surface area contributed by atoms with E-state index in [1.807, 2.05) is 0 Å². The predicted octanol–water partition coefficient (Wildman–Crippen LogP) is 3.26. The minimum Gasteiger partial charge on any atom is -0.478 e. The van der Waals surface area contributed by atoms with Gasteiger partial charge in [0.1, 0.15) is 11.5 Å². The first-order valence-electron chi connectivity index (χ1n) is 9.46. The quantitative estimate of drug-likeness (QED) is 0.348. The van der Waals surface area contributed by atoms with Gasteiger partial charge in [0, 0.05) is 24.0 Å². The van der Waals surface area contributed by atoms with Gasteiger partial charge in [-0.1, -0.05) is 11.6 Å². The van der Waals surface area contributed by atoms with E-state index in [4.69, 9.17) is 25.8 Å². The van der Waals surface area contributed by atoms with Gasteiger partial charge in [0.2, 0.25) is 11.7 Å². The zero-order valence-electron chi connectivity index (χ0n) is 17.6. The van der Waals surface area contributed by atoms with Gasteiger partial charge in [-0.25, -0.2) is 26.9 Å². The highest BCUT2D eigenvalue weighted by molar-refractivity contribution is 7.93. The summed E-state index contributed by atoms with van der Waals surface area (Å²) in [5.41, 5.74) is 0.968. The van der Waals surface area contributed by atoms with Crippen LogP contribution in [0.4, 0.5) is 14.7 Å². The molecule has 4 aromatic rings. The molecule has 2 N–H and O–H groups in total. The Labute approximate surface area is 196 Å². The largest absolute Gasteiger partial charge is 0.478 e. The van der Waals surface area contributed by atoms with E-state index in [0.717, 1.165) is 0 Å². The lowest BCUT2D eigenvalue weighted by Crippen LogP contribution is -2.16. The Balaban J connectivity index is 1.73. The number of nitrogens with one attached hydrogen (secondary N) is 2. The summed E-state index contributed by atoms with van der Waals surface area (Å²) >= 11 is 6.33. The number of nitrogens with zero attached hydrogens (tertiary/aromatic N) is 4. The summed E-state index contributed by atoms with van der Waals surface area (Å²) in [5, 5.41) is 0.720. The SMILES string of the molecule is COc1nc(NS(=O)(=O)c2c[nH]c3c(-n4ccnc4)c(Cl)ccc23)nc(OC)c1OCC(F)F. The van der Waals surface area contributed by atoms with Gasteiger partial charge in [-0.15, -0.1) is 0 Å². The van der Waals surface area contributed by atoms with Gasteiger partial charge >= 0.3 is 0 Å². The average Bonchev–Trinajstić information content (AvgIpc) is 3.47. The van der Waals surface area contributed by atoms with Crippen molar-refractivity contribution in [3.8, 4) is 23.2 Å². The van der Waals surface area contributed by atoms with Crippen LogP contribution >= 0.6 is 11.6 Å². The summed E-state index contributed by atoms with van der Waals surface area (Å²) < 4.78 is 70.4. The molecule has 0 aliphatic rings. The van der Waals surface area contributed by atoms with E-state index < -0.39 is 29.0 Å². The van der Waals surface area contributed by atoms with Crippen LogP contribution in [0.2, 0.25) is 5.02 Å². The molecule has 0 unspecified atom stereocenters. The van der Waals surface area contributed by atoms with Gasteiger partial charge < -0.3 is 23.8 Å². The summed E-state index contributed by atoms with van der Waals surface area (Å²) in [4.78, 5) is 14.6. The second kappa shape index (κ2) is 9.30. The van der Waals surface area contributed by atoms with E-state index in [-0.39, 0.29) is 22.4 Å². The van der Waals surface area contributed by atoms with Gasteiger partial charge in [0.25, 0.3) is 28.2 Å². The van der Waals surface area contributed by atoms with Crippen molar-refractivity contribution in [1.29, 1.82) is 0 Å². The van der Waals surface area contributed by atoms with Gasteiger partial charge in [0.15, 0.2) is 0 Å². The molecular formula is C19H17ClF2N6O5S. The van der Waals surface area contributed by atoms with Crippen molar-refractivity contribution < 1.29 is 31.4 Å². The van der Waals surface area contributed by atoms with E-state index in [1.54, 1.807) is 29.1 Å². The Kier molecular flexibility index (Phi) is 6.43. The Morgan fingerprint density at radius 3 is 2.50 bits per heavy atom. The second-order valence-corrected chi connectivity index (χ2v) is 8.70. The van der Waals surface area contributed by atoms with E-state index in [9.17, 15) is 17.2 Å². The lowest BCUT2D eigenvalue weighted by Gasteiger charge is -2.14. The number of ether oxygens (including phenoxy) is 3. The van der Waals surface area contributed by atoms with Crippen LogP contribution in [0.5, 0.6) is 17.5 Å². The molecule has 4 rings (SSSR count). The standard InChI is InChI=1S/C19H17ClF2N6O5S/c1-31-17-16(33-8-13(21)22)18(32-2)26-19(25-17)27-34(29,30)12-7-24-14-10(12)3-4-11(20)15(14)28-6-5-23-9-28/h3-7,9,13,24H,8H2,1-2H3,(H,25,26,27). The molecule has 0 aliphatic heterocycles. The number of hydrogen-bond acceptors (Lipinski definition) is 8. The summed E-state index contributed by atoms with van der Waals surface area (Å²) in [6.45, 7) is -0.960. The Morgan fingerprint density at radius 2 is 1.91 bits per heavy atom. The van der Waals surface area contributed by atoms with Crippen molar-refractivity contribution in [2.45, 2.75) is 11.3 Å². The van der Waals surface area contributed by atoms with Crippen LogP contribution in [0.3, 0.4) is 0 Å². The number of H-pyrrole nitrogens is 1. The van der Waals surface area contributed by atoms with Crippen LogP contribution in [0.15, 0.2) is 41.9 Å². The number of benzene rings is 1. The number of halogens is 3. The Hall–Kier alpha value is -3.65. The first-order valence-corrected chi connectivity index (χ1v) is 11.3. The zero-order chi connectivity index (χ0) is 24.5. The maximum atomic E-state index is 13.2. The number of aromatic nitrogens is 5. The third kappa shape index (κ3) is 4.41. The molecule has 15 heteroatoms. The third-order valence-corrected chi connectivity index (χ3v) is 6.24. The van der Waals surface area contributed by atoms with Gasteiger partial charge in [-0.3, -0.25) is 0 Å². The lowest BCUT2D eigenvalue weighted by molar-refractivity contribution is 0.0781. The molecule has 3 aromatic heterocycles. The van der Waals surface area contributed by atoms with E-state index in [2.05, 4.69) is 24.7 Å². The van der Waals surface area contributed by atoms with Gasteiger partial charge in [-0.05, 0) is 12.1 Å². The smallest absolute Gasteiger partial charge is 0.272 e. The number of methoxy groups -OCH3 is 2. The highest BCUT2D eigenvalue weighted by atomic mass is 35.5. The Bertz CT molecular complexity index is 1400. The summed E-state index contributed by atoms with van der Waals surface area (Å²) in [7, 11) is -1.82. The predicted molar refractivity (Wildman–Crippen MR) is 118 cm³/mol. The molecule has 0 amide bonds. The van der Waals surface area contributed by atoms with Crippen LogP contribution in [0.1, 0.15) is 0 Å². The maximum Gasteiger partial charge on any atom is 0.272 e. The van der Waals surface area contributed by atoms with Crippen LogP contribution in [0, 0.1) is 0 Å². The highest BCUT2D eigenvalue weighted by Gasteiger charge is 2.26. The van der Waals surface area contributed by atoms with Gasteiger partial charge in [-0.2, -0.15) is 9.97 Å². The molecule has 0 radical (unpaired) electrons. The number of imidazole rings is 1. The van der Waals surface area contributed by atoms with Crippen LogP contribution in [-0.2, 0) is 10.0 Å². The number of anilines is 1. The molecule has 3 heterocycles. The first kappa shape index (κ1) is 23.5. The van der Waals surface area contributed by atoms with Crippen molar-refractivity contribution in [3.05, 3.63) is 42.1 Å². The van der Waals surface area contributed by atoms with Crippen LogP contribution in [-0.4, -0.2) is 60.2 Å². The molecule has 0 aliphatic carbocycles. The van der Waals surface area contributed by atoms with Crippen molar-refractivity contribution >= 4 is 38.5 Å². The fourth-order valence-electron chi connectivity index (χ4n) is 3.18. The maximum absolute atomic E-state index is 13.2. The number of hydrogen-bond donors (Lipinski definition) is 2. The molecule has 0 saturated heterocycles. The topological polar surface area (TPSA) is 133 Å². The molecule has 0 saturated carbocycles. The minimum atomic E-state index is -4.23. The normalized spacial score (nSPS) is 11.7. The molecule has 1 aromatic carbocycles. The number of fused-ring (bicyclic) bond motifs is 1. The molecule has 180 valence electrons. The second-order valence-electron chi connectivity index (χ2n) is 6.64. The third-order valence-electron chi connectivity index (χ3n) is 4.56. The number of sulfonamides is 1. The van der Waals surface area contributed by atoms with Crippen LogP contribution in [0.25, 0.3) is 16.6 Å². The summed E-state index contributed by atoms with van der Waals surface area (Å²) in [6, 6.07) is 3.11. The Morgan fingerprint density at radius 1 is 1.21 bits per heavy atom. The fourth-order valence-corrected chi connectivity index (χ4v) is 4.55. The van der Waals surface area contributed by atoms with E-state index in [1.165, 1.54) is 26.7 Å². The molecule has 0 fully saturated rings. The van der Waals surface area contributed by atoms with E-state index >= 15 is 0 Å². The van der Waals surface area contributed by atoms with Crippen molar-refractivity contribution in [2.24, 2.45) is 0 Å². The number of alkyl halides is 2. The average molecular weight is 515 g/mol. The minimum absolute atomic E-state index is 0.111.